The molecule has 2 aromatic heterocycles. The summed E-state index contributed by atoms with van der Waals surface area (Å²) in [7, 11) is 1.65. The molecule has 0 fully saturated rings. The fraction of sp³-hybridized carbons (Fsp3) is 0.200. The molecule has 0 aliphatic rings. The van der Waals surface area contributed by atoms with Crippen molar-refractivity contribution in [3.05, 3.63) is 41.0 Å². The second-order valence-corrected chi connectivity index (χ2v) is 5.74. The lowest BCUT2D eigenvalue weighted by molar-refractivity contribution is 0.0533. The number of ether oxygens (including phenoxy) is 1. The number of rotatable bonds is 4. The zero-order chi connectivity index (χ0) is 16.4. The van der Waals surface area contributed by atoms with E-state index in [2.05, 4.69) is 15.4 Å². The fourth-order valence-electron chi connectivity index (χ4n) is 2.05. The SMILES string of the molecule is CCOC(=O)c1sc(-c2ccc(F)cc2)cc1-c1nnn(C)n1. The first-order valence-corrected chi connectivity index (χ1v) is 7.71. The molecule has 0 saturated heterocycles. The Morgan fingerprint density at radius 2 is 2.09 bits per heavy atom. The Morgan fingerprint density at radius 1 is 1.35 bits per heavy atom. The van der Waals surface area contributed by atoms with Gasteiger partial charge in [0.25, 0.3) is 0 Å². The highest BCUT2D eigenvalue weighted by molar-refractivity contribution is 7.17. The molecule has 0 spiro atoms. The second-order valence-electron chi connectivity index (χ2n) is 4.68. The van der Waals surface area contributed by atoms with Crippen molar-refractivity contribution in [3.8, 4) is 21.8 Å². The minimum atomic E-state index is -0.437. The van der Waals surface area contributed by atoms with Crippen molar-refractivity contribution in [3.63, 3.8) is 0 Å². The molecule has 3 aromatic rings. The predicted molar refractivity (Wildman–Crippen MR) is 83.5 cm³/mol. The minimum Gasteiger partial charge on any atom is -0.462 e. The monoisotopic (exact) mass is 332 g/mol. The lowest BCUT2D eigenvalue weighted by Crippen LogP contribution is -2.04. The number of esters is 1. The number of benzene rings is 1. The van der Waals surface area contributed by atoms with Gasteiger partial charge in [0.1, 0.15) is 10.7 Å². The zero-order valence-corrected chi connectivity index (χ0v) is 13.3. The Balaban J connectivity index is 2.09. The molecule has 0 amide bonds. The van der Waals surface area contributed by atoms with E-state index in [-0.39, 0.29) is 12.4 Å². The highest BCUT2D eigenvalue weighted by Gasteiger charge is 2.22. The van der Waals surface area contributed by atoms with Gasteiger partial charge in [-0.15, -0.1) is 21.5 Å². The highest BCUT2D eigenvalue weighted by Crippen LogP contribution is 2.36. The topological polar surface area (TPSA) is 69.9 Å². The van der Waals surface area contributed by atoms with Gasteiger partial charge in [0.2, 0.25) is 5.82 Å². The first-order chi connectivity index (χ1) is 11.1. The number of thiophene rings is 1. The molecule has 3 rings (SSSR count). The van der Waals surface area contributed by atoms with Crippen LogP contribution in [0.5, 0.6) is 0 Å². The molecule has 0 bridgehead atoms. The Hall–Kier alpha value is -2.61. The fourth-order valence-corrected chi connectivity index (χ4v) is 3.11. The summed E-state index contributed by atoms with van der Waals surface area (Å²) in [5.74, 6) is -0.403. The third kappa shape index (κ3) is 3.11. The molecule has 0 saturated carbocycles. The Labute approximate surface area is 135 Å². The number of hydrogen-bond acceptors (Lipinski definition) is 6. The van der Waals surface area contributed by atoms with Crippen LogP contribution in [-0.2, 0) is 11.8 Å². The Bertz CT molecular complexity index is 842. The van der Waals surface area contributed by atoms with Crippen LogP contribution in [0.15, 0.2) is 30.3 Å². The Kier molecular flexibility index (Phi) is 4.16. The summed E-state index contributed by atoms with van der Waals surface area (Å²) < 4.78 is 18.2. The lowest BCUT2D eigenvalue weighted by Gasteiger charge is -2.00. The van der Waals surface area contributed by atoms with Crippen molar-refractivity contribution in [1.29, 1.82) is 0 Å². The summed E-state index contributed by atoms with van der Waals surface area (Å²) in [5.41, 5.74) is 1.36. The van der Waals surface area contributed by atoms with E-state index in [9.17, 15) is 9.18 Å². The highest BCUT2D eigenvalue weighted by atomic mass is 32.1. The molecule has 0 aliphatic carbocycles. The maximum absolute atomic E-state index is 13.1. The Morgan fingerprint density at radius 3 is 2.70 bits per heavy atom. The van der Waals surface area contributed by atoms with Crippen LogP contribution in [0.4, 0.5) is 4.39 Å². The van der Waals surface area contributed by atoms with Crippen molar-refractivity contribution >= 4 is 17.3 Å². The van der Waals surface area contributed by atoms with E-state index >= 15 is 0 Å². The molecule has 0 atom stereocenters. The molecule has 1 aromatic carbocycles. The average molecular weight is 332 g/mol. The van der Waals surface area contributed by atoms with Gasteiger partial charge in [-0.05, 0) is 35.9 Å². The lowest BCUT2D eigenvalue weighted by atomic mass is 10.1. The van der Waals surface area contributed by atoms with E-state index in [1.165, 1.54) is 28.3 Å². The van der Waals surface area contributed by atoms with Gasteiger partial charge in [0.05, 0.1) is 13.7 Å². The van der Waals surface area contributed by atoms with Gasteiger partial charge in [-0.1, -0.05) is 12.1 Å². The molecule has 0 aliphatic heterocycles. The number of carbonyl (C=O) groups excluding carboxylic acids is 1. The molecule has 0 radical (unpaired) electrons. The summed E-state index contributed by atoms with van der Waals surface area (Å²) in [6.45, 7) is 2.02. The maximum Gasteiger partial charge on any atom is 0.349 e. The number of aryl methyl sites for hydroxylation is 1. The maximum atomic E-state index is 13.1. The van der Waals surface area contributed by atoms with Crippen molar-refractivity contribution in [2.75, 3.05) is 6.61 Å². The summed E-state index contributed by atoms with van der Waals surface area (Å²) in [6, 6.07) is 7.85. The van der Waals surface area contributed by atoms with E-state index in [0.29, 0.717) is 16.3 Å². The first kappa shape index (κ1) is 15.3. The van der Waals surface area contributed by atoms with Crippen LogP contribution in [0, 0.1) is 5.82 Å². The standard InChI is InChI=1S/C15H13FN4O2S/c1-3-22-15(21)13-11(14-17-19-20(2)18-14)8-12(23-13)9-4-6-10(16)7-5-9/h4-8H,3H2,1-2H3. The quantitative estimate of drug-likeness (QED) is 0.687. The molecule has 0 unspecified atom stereocenters. The van der Waals surface area contributed by atoms with Gasteiger partial charge in [-0.3, -0.25) is 0 Å². The molecule has 2 heterocycles. The van der Waals surface area contributed by atoms with Crippen molar-refractivity contribution in [1.82, 2.24) is 20.2 Å². The van der Waals surface area contributed by atoms with Crippen molar-refractivity contribution < 1.29 is 13.9 Å². The van der Waals surface area contributed by atoms with E-state index < -0.39 is 5.97 Å². The van der Waals surface area contributed by atoms with Gasteiger partial charge >= 0.3 is 5.97 Å². The van der Waals surface area contributed by atoms with Crippen LogP contribution in [0.2, 0.25) is 0 Å². The van der Waals surface area contributed by atoms with Gasteiger partial charge in [-0.2, -0.15) is 4.80 Å². The normalized spacial score (nSPS) is 10.7. The van der Waals surface area contributed by atoms with Crippen LogP contribution in [-0.4, -0.2) is 32.8 Å². The van der Waals surface area contributed by atoms with Crippen LogP contribution < -0.4 is 0 Å². The van der Waals surface area contributed by atoms with Gasteiger partial charge in [-0.25, -0.2) is 9.18 Å². The molecule has 6 nitrogen and oxygen atoms in total. The number of hydrogen-bond donors (Lipinski definition) is 0. The molecule has 0 N–H and O–H groups in total. The number of nitrogens with zero attached hydrogens (tertiary/aromatic N) is 4. The molecule has 118 valence electrons. The molecule has 8 heteroatoms. The minimum absolute atomic E-state index is 0.274. The van der Waals surface area contributed by atoms with E-state index in [1.54, 1.807) is 32.2 Å². The van der Waals surface area contributed by atoms with E-state index in [1.807, 2.05) is 0 Å². The average Bonchev–Trinajstić information content (AvgIpc) is 3.14. The smallest absolute Gasteiger partial charge is 0.349 e. The van der Waals surface area contributed by atoms with Gasteiger partial charge < -0.3 is 4.74 Å². The predicted octanol–water partition coefficient (Wildman–Crippen LogP) is 2.92. The van der Waals surface area contributed by atoms with Gasteiger partial charge in [0.15, 0.2) is 0 Å². The first-order valence-electron chi connectivity index (χ1n) is 6.89. The van der Waals surface area contributed by atoms with Crippen LogP contribution in [0.3, 0.4) is 0 Å². The number of halogens is 1. The molecular formula is C15H13FN4O2S. The van der Waals surface area contributed by atoms with Gasteiger partial charge in [0, 0.05) is 10.4 Å². The largest absolute Gasteiger partial charge is 0.462 e. The third-order valence-corrected chi connectivity index (χ3v) is 4.24. The summed E-state index contributed by atoms with van der Waals surface area (Å²) in [5, 5.41) is 11.9. The van der Waals surface area contributed by atoms with E-state index in [4.69, 9.17) is 4.74 Å². The number of tetrazole rings is 1. The zero-order valence-electron chi connectivity index (χ0n) is 12.5. The van der Waals surface area contributed by atoms with Crippen LogP contribution in [0.1, 0.15) is 16.6 Å². The van der Waals surface area contributed by atoms with Crippen LogP contribution in [0.25, 0.3) is 21.8 Å². The summed E-state index contributed by atoms with van der Waals surface area (Å²) in [4.78, 5) is 14.7. The summed E-state index contributed by atoms with van der Waals surface area (Å²) in [6.07, 6.45) is 0. The number of carbonyl (C=O) groups is 1. The second kappa shape index (κ2) is 6.25. The molecular weight excluding hydrogens is 319 g/mol. The van der Waals surface area contributed by atoms with E-state index in [0.717, 1.165) is 10.4 Å². The third-order valence-electron chi connectivity index (χ3n) is 3.07. The van der Waals surface area contributed by atoms with Crippen LogP contribution >= 0.6 is 11.3 Å². The van der Waals surface area contributed by atoms with Crippen molar-refractivity contribution in [2.45, 2.75) is 6.92 Å². The van der Waals surface area contributed by atoms with Crippen molar-refractivity contribution in [2.24, 2.45) is 7.05 Å². The summed E-state index contributed by atoms with van der Waals surface area (Å²) >= 11 is 1.26. The number of aromatic nitrogens is 4. The molecule has 23 heavy (non-hydrogen) atoms.